The Balaban J connectivity index is 2.30. The summed E-state index contributed by atoms with van der Waals surface area (Å²) in [4.78, 5) is 0. The fraction of sp³-hybridized carbons (Fsp3) is 0.214. The number of nitrogens with zero attached hydrogens (tertiary/aromatic N) is 2. The fourth-order valence-electron chi connectivity index (χ4n) is 1.69. The summed E-state index contributed by atoms with van der Waals surface area (Å²) in [6, 6.07) is 7.57. The SMILES string of the molecule is COc1ccc(C#CCO)cc1Cn1cccn1. The van der Waals surface area contributed by atoms with Crippen LogP contribution in [0.25, 0.3) is 0 Å². The highest BCUT2D eigenvalue weighted by atomic mass is 16.5. The number of hydrogen-bond donors (Lipinski definition) is 1. The maximum atomic E-state index is 8.69. The highest BCUT2D eigenvalue weighted by Crippen LogP contribution is 2.20. The van der Waals surface area contributed by atoms with Crippen molar-refractivity contribution < 1.29 is 9.84 Å². The number of methoxy groups -OCH3 is 1. The van der Waals surface area contributed by atoms with Gasteiger partial charge in [0.25, 0.3) is 0 Å². The summed E-state index contributed by atoms with van der Waals surface area (Å²) >= 11 is 0. The van der Waals surface area contributed by atoms with E-state index in [1.807, 2.05) is 35.1 Å². The molecule has 0 saturated carbocycles. The highest BCUT2D eigenvalue weighted by molar-refractivity contribution is 5.44. The van der Waals surface area contributed by atoms with E-state index in [1.54, 1.807) is 13.3 Å². The Bertz CT molecular complexity index is 565. The molecule has 0 aliphatic carbocycles. The van der Waals surface area contributed by atoms with Crippen molar-refractivity contribution in [1.82, 2.24) is 9.78 Å². The van der Waals surface area contributed by atoms with Crippen LogP contribution in [0.15, 0.2) is 36.7 Å². The van der Waals surface area contributed by atoms with Gasteiger partial charge in [0.15, 0.2) is 0 Å². The molecule has 0 fully saturated rings. The molecule has 2 rings (SSSR count). The Morgan fingerprint density at radius 1 is 1.44 bits per heavy atom. The van der Waals surface area contributed by atoms with Gasteiger partial charge in [0.2, 0.25) is 0 Å². The first-order valence-corrected chi connectivity index (χ1v) is 5.57. The van der Waals surface area contributed by atoms with Crippen molar-refractivity contribution in [3.63, 3.8) is 0 Å². The van der Waals surface area contributed by atoms with Gasteiger partial charge in [-0.3, -0.25) is 4.68 Å². The first-order chi connectivity index (χ1) is 8.83. The maximum Gasteiger partial charge on any atom is 0.124 e. The fourth-order valence-corrected chi connectivity index (χ4v) is 1.69. The van der Waals surface area contributed by atoms with Gasteiger partial charge in [0.1, 0.15) is 12.4 Å². The van der Waals surface area contributed by atoms with Crippen molar-refractivity contribution in [2.75, 3.05) is 13.7 Å². The summed E-state index contributed by atoms with van der Waals surface area (Å²) in [5.74, 6) is 6.32. The molecule has 1 aromatic carbocycles. The van der Waals surface area contributed by atoms with Crippen LogP contribution in [0.1, 0.15) is 11.1 Å². The van der Waals surface area contributed by atoms with Crippen LogP contribution in [0.4, 0.5) is 0 Å². The topological polar surface area (TPSA) is 47.3 Å². The number of rotatable bonds is 3. The zero-order valence-corrected chi connectivity index (χ0v) is 10.1. The smallest absolute Gasteiger partial charge is 0.124 e. The second-order valence-electron chi connectivity index (χ2n) is 3.69. The largest absolute Gasteiger partial charge is 0.496 e. The molecule has 0 aliphatic heterocycles. The first-order valence-electron chi connectivity index (χ1n) is 5.57. The van der Waals surface area contributed by atoms with Crippen LogP contribution in [0.5, 0.6) is 5.75 Å². The van der Waals surface area contributed by atoms with Crippen LogP contribution in [0, 0.1) is 11.8 Å². The molecule has 0 atom stereocenters. The average Bonchev–Trinajstić information content (AvgIpc) is 2.89. The summed E-state index contributed by atoms with van der Waals surface area (Å²) in [5.41, 5.74) is 1.86. The van der Waals surface area contributed by atoms with Crippen LogP contribution in [-0.2, 0) is 6.54 Å². The van der Waals surface area contributed by atoms with Crippen molar-refractivity contribution in [2.45, 2.75) is 6.54 Å². The first kappa shape index (κ1) is 12.2. The molecule has 92 valence electrons. The van der Waals surface area contributed by atoms with Crippen LogP contribution < -0.4 is 4.74 Å². The number of aliphatic hydroxyl groups is 1. The molecule has 1 heterocycles. The molecule has 18 heavy (non-hydrogen) atoms. The molecule has 0 aliphatic rings. The monoisotopic (exact) mass is 242 g/mol. The van der Waals surface area contributed by atoms with Crippen LogP contribution in [0.3, 0.4) is 0 Å². The molecule has 0 radical (unpaired) electrons. The Labute approximate surface area is 106 Å². The minimum Gasteiger partial charge on any atom is -0.496 e. The molecule has 0 saturated heterocycles. The zero-order valence-electron chi connectivity index (χ0n) is 10.1. The molecule has 1 aromatic heterocycles. The standard InChI is InChI=1S/C14H14N2O2/c1-18-14-6-5-12(4-2-9-17)10-13(14)11-16-8-3-7-15-16/h3,5-8,10,17H,9,11H2,1H3. The zero-order chi connectivity index (χ0) is 12.8. The predicted molar refractivity (Wildman–Crippen MR) is 68.3 cm³/mol. The van der Waals surface area contributed by atoms with Crippen molar-refractivity contribution >= 4 is 0 Å². The molecule has 0 bridgehead atoms. The molecule has 4 nitrogen and oxygen atoms in total. The Hall–Kier alpha value is -2.25. The highest BCUT2D eigenvalue weighted by Gasteiger charge is 2.04. The summed E-state index contributed by atoms with van der Waals surface area (Å²) in [7, 11) is 1.64. The number of aliphatic hydroxyl groups excluding tert-OH is 1. The summed E-state index contributed by atoms with van der Waals surface area (Å²) in [6.45, 7) is 0.491. The van der Waals surface area contributed by atoms with Gasteiger partial charge in [-0.15, -0.1) is 0 Å². The van der Waals surface area contributed by atoms with Gasteiger partial charge in [0.05, 0.1) is 13.7 Å². The predicted octanol–water partition coefficient (Wildman–Crippen LogP) is 1.28. The van der Waals surface area contributed by atoms with E-state index in [4.69, 9.17) is 9.84 Å². The minimum absolute atomic E-state index is 0.138. The van der Waals surface area contributed by atoms with E-state index in [0.717, 1.165) is 16.9 Å². The van der Waals surface area contributed by atoms with Gasteiger partial charge in [-0.1, -0.05) is 11.8 Å². The van der Waals surface area contributed by atoms with Gasteiger partial charge in [0, 0.05) is 23.5 Å². The third-order valence-corrected chi connectivity index (χ3v) is 2.48. The van der Waals surface area contributed by atoms with Gasteiger partial charge in [-0.25, -0.2) is 0 Å². The second-order valence-corrected chi connectivity index (χ2v) is 3.69. The lowest BCUT2D eigenvalue weighted by molar-refractivity contribution is 0.350. The van der Waals surface area contributed by atoms with E-state index in [0.29, 0.717) is 6.54 Å². The number of benzene rings is 1. The average molecular weight is 242 g/mol. The van der Waals surface area contributed by atoms with E-state index in [-0.39, 0.29) is 6.61 Å². The van der Waals surface area contributed by atoms with Gasteiger partial charge in [-0.05, 0) is 24.3 Å². The molecule has 4 heteroatoms. The summed E-state index contributed by atoms with van der Waals surface area (Å²) in [5, 5.41) is 12.9. The van der Waals surface area contributed by atoms with Gasteiger partial charge >= 0.3 is 0 Å². The van der Waals surface area contributed by atoms with Crippen LogP contribution in [0.2, 0.25) is 0 Å². The van der Waals surface area contributed by atoms with E-state index in [9.17, 15) is 0 Å². The molecule has 0 unspecified atom stereocenters. The number of hydrogen-bond acceptors (Lipinski definition) is 3. The van der Waals surface area contributed by atoms with E-state index in [1.165, 1.54) is 0 Å². The summed E-state index contributed by atoms with van der Waals surface area (Å²) in [6.07, 6.45) is 3.63. The molecule has 0 spiro atoms. The minimum atomic E-state index is -0.138. The molecule has 0 amide bonds. The van der Waals surface area contributed by atoms with Crippen molar-refractivity contribution in [3.05, 3.63) is 47.8 Å². The van der Waals surface area contributed by atoms with E-state index < -0.39 is 0 Å². The van der Waals surface area contributed by atoms with E-state index >= 15 is 0 Å². The lowest BCUT2D eigenvalue weighted by atomic mass is 10.1. The van der Waals surface area contributed by atoms with E-state index in [2.05, 4.69) is 16.9 Å². The molecule has 1 N–H and O–H groups in total. The Morgan fingerprint density at radius 3 is 3.00 bits per heavy atom. The summed E-state index contributed by atoms with van der Waals surface area (Å²) < 4.78 is 7.14. The molecule has 2 aromatic rings. The molecular weight excluding hydrogens is 228 g/mol. The third-order valence-electron chi connectivity index (χ3n) is 2.48. The van der Waals surface area contributed by atoms with Crippen molar-refractivity contribution in [3.8, 4) is 17.6 Å². The lowest BCUT2D eigenvalue weighted by Crippen LogP contribution is -2.02. The Kier molecular flexibility index (Phi) is 4.00. The number of ether oxygens (including phenoxy) is 1. The van der Waals surface area contributed by atoms with Crippen molar-refractivity contribution in [2.24, 2.45) is 0 Å². The third kappa shape index (κ3) is 2.90. The normalized spacial score (nSPS) is 9.67. The molecular formula is C14H14N2O2. The maximum absolute atomic E-state index is 8.69. The van der Waals surface area contributed by atoms with Crippen LogP contribution in [-0.4, -0.2) is 28.6 Å². The number of aromatic nitrogens is 2. The van der Waals surface area contributed by atoms with Gasteiger partial charge < -0.3 is 9.84 Å². The second kappa shape index (κ2) is 5.89. The Morgan fingerprint density at radius 2 is 2.33 bits per heavy atom. The lowest BCUT2D eigenvalue weighted by Gasteiger charge is -2.09. The van der Waals surface area contributed by atoms with Crippen LogP contribution >= 0.6 is 0 Å². The van der Waals surface area contributed by atoms with Crippen molar-refractivity contribution in [1.29, 1.82) is 0 Å². The van der Waals surface area contributed by atoms with Gasteiger partial charge in [-0.2, -0.15) is 5.10 Å². The quantitative estimate of drug-likeness (QED) is 0.825.